The lowest BCUT2D eigenvalue weighted by Gasteiger charge is -2.35. The third-order valence-electron chi connectivity index (χ3n) is 4.14. The van der Waals surface area contributed by atoms with Gasteiger partial charge in [0.15, 0.2) is 9.84 Å². The molecule has 23 heavy (non-hydrogen) atoms. The average molecular weight is 338 g/mol. The predicted molar refractivity (Wildman–Crippen MR) is 92.4 cm³/mol. The molecular formula is C17H26N2O3S. The summed E-state index contributed by atoms with van der Waals surface area (Å²) >= 11 is 0. The molecule has 1 saturated heterocycles. The van der Waals surface area contributed by atoms with Crippen LogP contribution in [0.1, 0.15) is 33.6 Å². The first-order valence-corrected chi connectivity index (χ1v) is 9.82. The Morgan fingerprint density at radius 1 is 1.13 bits per heavy atom. The van der Waals surface area contributed by atoms with Gasteiger partial charge in [-0.05, 0) is 37.1 Å². The number of amides is 1. The zero-order valence-corrected chi connectivity index (χ0v) is 15.1. The second-order valence-corrected chi connectivity index (χ2v) is 9.27. The van der Waals surface area contributed by atoms with Gasteiger partial charge in [0.1, 0.15) is 0 Å². The van der Waals surface area contributed by atoms with Crippen LogP contribution in [-0.4, -0.2) is 39.7 Å². The first-order valence-electron chi connectivity index (χ1n) is 7.93. The number of anilines is 1. The van der Waals surface area contributed by atoms with E-state index in [4.69, 9.17) is 0 Å². The van der Waals surface area contributed by atoms with Crippen LogP contribution >= 0.6 is 0 Å². The van der Waals surface area contributed by atoms with Gasteiger partial charge in [-0.1, -0.05) is 20.8 Å². The van der Waals surface area contributed by atoms with Gasteiger partial charge in [-0.15, -0.1) is 0 Å². The van der Waals surface area contributed by atoms with Crippen LogP contribution in [0.15, 0.2) is 29.2 Å². The molecule has 1 aromatic rings. The van der Waals surface area contributed by atoms with E-state index in [0.717, 1.165) is 31.6 Å². The summed E-state index contributed by atoms with van der Waals surface area (Å²) in [5.74, 6) is 0.0912. The van der Waals surface area contributed by atoms with Crippen molar-refractivity contribution in [1.82, 2.24) is 5.32 Å². The van der Waals surface area contributed by atoms with Gasteiger partial charge >= 0.3 is 0 Å². The molecule has 2 rings (SSSR count). The zero-order chi connectivity index (χ0) is 17.3. The van der Waals surface area contributed by atoms with Crippen molar-refractivity contribution < 1.29 is 13.2 Å². The molecule has 0 radical (unpaired) electrons. The van der Waals surface area contributed by atoms with Gasteiger partial charge in [-0.3, -0.25) is 4.79 Å². The van der Waals surface area contributed by atoms with Crippen LogP contribution in [0.2, 0.25) is 0 Å². The summed E-state index contributed by atoms with van der Waals surface area (Å²) in [5.41, 5.74) is 0.663. The number of hydrogen-bond acceptors (Lipinski definition) is 4. The van der Waals surface area contributed by atoms with Crippen molar-refractivity contribution in [3.8, 4) is 0 Å². The molecule has 0 atom stereocenters. The van der Waals surface area contributed by atoms with E-state index in [-0.39, 0.29) is 17.4 Å². The molecule has 1 fully saturated rings. The summed E-state index contributed by atoms with van der Waals surface area (Å²) < 4.78 is 23.0. The molecule has 0 saturated carbocycles. The SMILES string of the molecule is CC(C)(C)C(=O)NC1CCN(c2ccc(S(C)(=O)=O)cc2)CC1. The van der Waals surface area contributed by atoms with Gasteiger partial charge in [0, 0.05) is 36.5 Å². The first-order chi connectivity index (χ1) is 10.6. The normalized spacial score (nSPS) is 17.1. The number of benzene rings is 1. The van der Waals surface area contributed by atoms with E-state index in [1.807, 2.05) is 32.9 Å². The molecule has 0 spiro atoms. The van der Waals surface area contributed by atoms with Crippen molar-refractivity contribution >= 4 is 21.4 Å². The highest BCUT2D eigenvalue weighted by molar-refractivity contribution is 7.90. The molecule has 6 heteroatoms. The van der Waals surface area contributed by atoms with Crippen molar-refractivity contribution in [3.05, 3.63) is 24.3 Å². The van der Waals surface area contributed by atoms with Gasteiger partial charge in [-0.25, -0.2) is 8.42 Å². The molecule has 0 bridgehead atoms. The van der Waals surface area contributed by atoms with E-state index in [1.165, 1.54) is 6.26 Å². The maximum atomic E-state index is 12.0. The fourth-order valence-corrected chi connectivity index (χ4v) is 3.22. The van der Waals surface area contributed by atoms with Gasteiger partial charge in [0.2, 0.25) is 5.91 Å². The predicted octanol–water partition coefficient (Wildman–Crippen LogP) is 2.22. The second kappa shape index (κ2) is 6.51. The Morgan fingerprint density at radius 3 is 2.09 bits per heavy atom. The van der Waals surface area contributed by atoms with E-state index in [1.54, 1.807) is 12.1 Å². The van der Waals surface area contributed by atoms with Crippen LogP contribution in [0.25, 0.3) is 0 Å². The summed E-state index contributed by atoms with van der Waals surface area (Å²) in [7, 11) is -3.15. The van der Waals surface area contributed by atoms with Crippen molar-refractivity contribution in [2.45, 2.75) is 44.6 Å². The first kappa shape index (κ1) is 17.8. The highest BCUT2D eigenvalue weighted by atomic mass is 32.2. The van der Waals surface area contributed by atoms with Gasteiger partial charge in [-0.2, -0.15) is 0 Å². The molecule has 0 aliphatic carbocycles. The highest BCUT2D eigenvalue weighted by Gasteiger charge is 2.26. The van der Waals surface area contributed by atoms with Crippen LogP contribution in [0.4, 0.5) is 5.69 Å². The molecule has 1 aliphatic heterocycles. The molecule has 5 nitrogen and oxygen atoms in total. The Balaban J connectivity index is 1.93. The lowest BCUT2D eigenvalue weighted by molar-refractivity contribution is -0.129. The fourth-order valence-electron chi connectivity index (χ4n) is 2.59. The Bertz CT molecular complexity index is 652. The highest BCUT2D eigenvalue weighted by Crippen LogP contribution is 2.23. The molecule has 1 aliphatic rings. The third kappa shape index (κ3) is 4.70. The van der Waals surface area contributed by atoms with E-state index in [9.17, 15) is 13.2 Å². The van der Waals surface area contributed by atoms with Crippen molar-refractivity contribution in [3.63, 3.8) is 0 Å². The Morgan fingerprint density at radius 2 is 1.65 bits per heavy atom. The molecule has 0 aromatic heterocycles. The van der Waals surface area contributed by atoms with Crippen LogP contribution in [-0.2, 0) is 14.6 Å². The molecule has 1 N–H and O–H groups in total. The third-order valence-corrected chi connectivity index (χ3v) is 5.27. The maximum absolute atomic E-state index is 12.0. The van der Waals surface area contributed by atoms with Gasteiger partial charge in [0.05, 0.1) is 4.90 Å². The zero-order valence-electron chi connectivity index (χ0n) is 14.3. The van der Waals surface area contributed by atoms with E-state index >= 15 is 0 Å². The van der Waals surface area contributed by atoms with E-state index in [0.29, 0.717) is 4.90 Å². The number of piperidine rings is 1. The molecule has 1 amide bonds. The topological polar surface area (TPSA) is 66.5 Å². The minimum Gasteiger partial charge on any atom is -0.371 e. The monoisotopic (exact) mass is 338 g/mol. The summed E-state index contributed by atoms with van der Waals surface area (Å²) in [6.45, 7) is 7.46. The standard InChI is InChI=1S/C17H26N2O3S/c1-17(2,3)16(20)18-13-9-11-19(12-10-13)14-5-7-15(8-6-14)23(4,21)22/h5-8,13H,9-12H2,1-4H3,(H,18,20). The second-order valence-electron chi connectivity index (χ2n) is 7.25. The quantitative estimate of drug-likeness (QED) is 0.918. The fraction of sp³-hybridized carbons (Fsp3) is 0.588. The van der Waals surface area contributed by atoms with Crippen molar-refractivity contribution in [2.24, 2.45) is 5.41 Å². The minimum absolute atomic E-state index is 0.0912. The Kier molecular flexibility index (Phi) is 5.04. The smallest absolute Gasteiger partial charge is 0.225 e. The van der Waals surface area contributed by atoms with Gasteiger partial charge in [0.25, 0.3) is 0 Å². The number of carbonyl (C=O) groups is 1. The van der Waals surface area contributed by atoms with Gasteiger partial charge < -0.3 is 10.2 Å². The lowest BCUT2D eigenvalue weighted by atomic mass is 9.94. The maximum Gasteiger partial charge on any atom is 0.225 e. The minimum atomic E-state index is -3.15. The lowest BCUT2D eigenvalue weighted by Crippen LogP contribution is -2.47. The van der Waals surface area contributed by atoms with Crippen LogP contribution < -0.4 is 10.2 Å². The number of rotatable bonds is 3. The average Bonchev–Trinajstić information content (AvgIpc) is 2.46. The summed E-state index contributed by atoms with van der Waals surface area (Å²) in [6.07, 6.45) is 3.01. The van der Waals surface area contributed by atoms with Crippen LogP contribution in [0, 0.1) is 5.41 Å². The molecule has 0 unspecified atom stereocenters. The molecular weight excluding hydrogens is 312 g/mol. The number of nitrogens with zero attached hydrogens (tertiary/aromatic N) is 1. The number of nitrogens with one attached hydrogen (secondary N) is 1. The Labute approximate surface area is 139 Å². The summed E-state index contributed by atoms with van der Waals surface area (Å²) in [5, 5.41) is 3.11. The van der Waals surface area contributed by atoms with Crippen LogP contribution in [0.3, 0.4) is 0 Å². The summed E-state index contributed by atoms with van der Waals surface area (Å²) in [4.78, 5) is 14.6. The molecule has 128 valence electrons. The Hall–Kier alpha value is -1.56. The molecule has 1 aromatic carbocycles. The van der Waals surface area contributed by atoms with E-state index in [2.05, 4.69) is 10.2 Å². The molecule has 1 heterocycles. The van der Waals surface area contributed by atoms with Crippen LogP contribution in [0.5, 0.6) is 0 Å². The summed E-state index contributed by atoms with van der Waals surface area (Å²) in [6, 6.07) is 7.22. The number of sulfone groups is 1. The van der Waals surface area contributed by atoms with Crippen molar-refractivity contribution in [2.75, 3.05) is 24.2 Å². The van der Waals surface area contributed by atoms with E-state index < -0.39 is 9.84 Å². The van der Waals surface area contributed by atoms with Crippen molar-refractivity contribution in [1.29, 1.82) is 0 Å². The number of hydrogen-bond donors (Lipinski definition) is 1. The largest absolute Gasteiger partial charge is 0.371 e. The number of carbonyl (C=O) groups excluding carboxylic acids is 1.